The average Bonchev–Trinajstić information content (AvgIpc) is 2.50. The van der Waals surface area contributed by atoms with E-state index in [-0.39, 0.29) is 10.8 Å². The molecule has 1 aromatic rings. The topological polar surface area (TPSA) is 113 Å². The Balaban J connectivity index is 2.67. The lowest BCUT2D eigenvalue weighted by Crippen LogP contribution is -2.48. The maximum absolute atomic E-state index is 12.0. The summed E-state index contributed by atoms with van der Waals surface area (Å²) in [6.07, 6.45) is 0.563. The average molecular weight is 363 g/mol. The number of carboxylic acids is 1. The fraction of sp³-hybridized carbons (Fsp3) is 0.429. The standard InChI is InChI=1S/C14H19ClN2O5S/c1-3-9(2)13(14(19)20)17-12(18)8-16-23(21,22)11-6-4-10(15)5-7-11/h4-7,9,13,16H,3,8H2,1-2H3,(H,17,18)(H,19,20)/t9-,13+/m0/s1. The number of nitrogens with one attached hydrogen (secondary N) is 2. The molecule has 9 heteroatoms. The van der Waals surface area contributed by atoms with Crippen molar-refractivity contribution in [2.45, 2.75) is 31.2 Å². The fourth-order valence-corrected chi connectivity index (χ4v) is 2.87. The molecular weight excluding hydrogens is 344 g/mol. The summed E-state index contributed by atoms with van der Waals surface area (Å²) < 4.78 is 26.1. The number of rotatable bonds is 8. The zero-order chi connectivity index (χ0) is 17.6. The zero-order valence-corrected chi connectivity index (χ0v) is 14.3. The third-order valence-corrected chi connectivity index (χ3v) is 5.01. The van der Waals surface area contributed by atoms with Gasteiger partial charge < -0.3 is 10.4 Å². The maximum atomic E-state index is 12.0. The van der Waals surface area contributed by atoms with Gasteiger partial charge in [-0.15, -0.1) is 0 Å². The lowest BCUT2D eigenvalue weighted by Gasteiger charge is -2.20. The molecule has 23 heavy (non-hydrogen) atoms. The monoisotopic (exact) mass is 362 g/mol. The first kappa shape index (κ1) is 19.4. The van der Waals surface area contributed by atoms with E-state index in [2.05, 4.69) is 10.0 Å². The van der Waals surface area contributed by atoms with Crippen LogP contribution in [0.2, 0.25) is 5.02 Å². The van der Waals surface area contributed by atoms with Crippen molar-refractivity contribution >= 4 is 33.5 Å². The van der Waals surface area contributed by atoms with Gasteiger partial charge in [-0.05, 0) is 30.2 Å². The summed E-state index contributed by atoms with van der Waals surface area (Å²) in [6, 6.07) is 4.38. The summed E-state index contributed by atoms with van der Waals surface area (Å²) in [5, 5.41) is 11.8. The second-order valence-electron chi connectivity index (χ2n) is 5.05. The van der Waals surface area contributed by atoms with Gasteiger partial charge in [-0.2, -0.15) is 0 Å². The van der Waals surface area contributed by atoms with Gasteiger partial charge >= 0.3 is 5.97 Å². The Morgan fingerprint density at radius 2 is 1.83 bits per heavy atom. The van der Waals surface area contributed by atoms with Crippen molar-refractivity contribution in [3.05, 3.63) is 29.3 Å². The smallest absolute Gasteiger partial charge is 0.326 e. The number of carbonyl (C=O) groups excluding carboxylic acids is 1. The Kier molecular flexibility index (Phi) is 6.99. The molecule has 0 saturated heterocycles. The Labute approximate surface area is 140 Å². The van der Waals surface area contributed by atoms with Crippen LogP contribution in [-0.2, 0) is 19.6 Å². The molecule has 0 aromatic heterocycles. The van der Waals surface area contributed by atoms with E-state index in [0.717, 1.165) is 0 Å². The molecule has 0 fully saturated rings. The minimum absolute atomic E-state index is 0.0357. The second-order valence-corrected chi connectivity index (χ2v) is 7.25. The molecule has 0 radical (unpaired) electrons. The predicted octanol–water partition coefficient (Wildman–Crippen LogP) is 1.23. The normalized spacial score (nSPS) is 14.0. The Hall–Kier alpha value is -1.64. The van der Waals surface area contributed by atoms with E-state index in [1.165, 1.54) is 24.3 Å². The van der Waals surface area contributed by atoms with Gasteiger partial charge in [0, 0.05) is 5.02 Å². The van der Waals surface area contributed by atoms with Gasteiger partial charge in [-0.1, -0.05) is 31.9 Å². The third kappa shape index (κ3) is 5.81. The van der Waals surface area contributed by atoms with Crippen LogP contribution in [-0.4, -0.2) is 38.0 Å². The molecule has 0 spiro atoms. The molecule has 128 valence electrons. The fourth-order valence-electron chi connectivity index (χ4n) is 1.77. The van der Waals surface area contributed by atoms with Gasteiger partial charge in [0.05, 0.1) is 11.4 Å². The van der Waals surface area contributed by atoms with Crippen molar-refractivity contribution in [3.8, 4) is 0 Å². The number of sulfonamides is 1. The van der Waals surface area contributed by atoms with Gasteiger partial charge in [-0.25, -0.2) is 17.9 Å². The number of aliphatic carboxylic acids is 1. The maximum Gasteiger partial charge on any atom is 0.326 e. The van der Waals surface area contributed by atoms with E-state index < -0.39 is 34.5 Å². The molecule has 0 unspecified atom stereocenters. The molecule has 0 bridgehead atoms. The number of amides is 1. The molecule has 1 amide bonds. The Morgan fingerprint density at radius 3 is 2.30 bits per heavy atom. The summed E-state index contributed by atoms with van der Waals surface area (Å²) in [4.78, 5) is 22.9. The van der Waals surface area contributed by atoms with Gasteiger partial charge in [-0.3, -0.25) is 4.79 Å². The van der Waals surface area contributed by atoms with Crippen LogP contribution in [0.15, 0.2) is 29.2 Å². The first-order valence-corrected chi connectivity index (χ1v) is 8.81. The quantitative estimate of drug-likeness (QED) is 0.644. The predicted molar refractivity (Wildman–Crippen MR) is 85.7 cm³/mol. The van der Waals surface area contributed by atoms with Gasteiger partial charge in [0.25, 0.3) is 0 Å². The van der Waals surface area contributed by atoms with Crippen LogP contribution in [0.25, 0.3) is 0 Å². The van der Waals surface area contributed by atoms with E-state index >= 15 is 0 Å². The summed E-state index contributed by atoms with van der Waals surface area (Å²) in [5.74, 6) is -2.15. The van der Waals surface area contributed by atoms with Crippen molar-refractivity contribution in [2.75, 3.05) is 6.54 Å². The van der Waals surface area contributed by atoms with Crippen molar-refractivity contribution in [1.29, 1.82) is 0 Å². The summed E-state index contributed by atoms with van der Waals surface area (Å²) in [5.41, 5.74) is 0. The number of benzene rings is 1. The Bertz CT molecular complexity index is 660. The van der Waals surface area contributed by atoms with E-state index in [4.69, 9.17) is 16.7 Å². The third-order valence-electron chi connectivity index (χ3n) is 3.34. The van der Waals surface area contributed by atoms with Crippen LogP contribution >= 0.6 is 11.6 Å². The molecule has 0 aliphatic rings. The molecule has 0 aliphatic carbocycles. The highest BCUT2D eigenvalue weighted by Gasteiger charge is 2.25. The number of halogens is 1. The van der Waals surface area contributed by atoms with E-state index in [9.17, 15) is 18.0 Å². The Morgan fingerprint density at radius 1 is 1.26 bits per heavy atom. The van der Waals surface area contributed by atoms with Crippen LogP contribution in [0.5, 0.6) is 0 Å². The summed E-state index contributed by atoms with van der Waals surface area (Å²) >= 11 is 5.68. The SMILES string of the molecule is CC[C@H](C)[C@@H](NC(=O)CNS(=O)(=O)c1ccc(Cl)cc1)C(=O)O. The van der Waals surface area contributed by atoms with Crippen molar-refractivity contribution < 1.29 is 23.1 Å². The van der Waals surface area contributed by atoms with Crippen LogP contribution in [0.1, 0.15) is 20.3 Å². The van der Waals surface area contributed by atoms with E-state index in [1.807, 2.05) is 0 Å². The molecule has 1 rings (SSSR count). The lowest BCUT2D eigenvalue weighted by molar-refractivity contribution is -0.143. The highest BCUT2D eigenvalue weighted by atomic mass is 35.5. The number of hydrogen-bond acceptors (Lipinski definition) is 4. The van der Waals surface area contributed by atoms with Gasteiger partial charge in [0.2, 0.25) is 15.9 Å². The molecule has 0 aliphatic heterocycles. The largest absolute Gasteiger partial charge is 0.480 e. The molecule has 0 heterocycles. The number of hydrogen-bond donors (Lipinski definition) is 3. The molecular formula is C14H19ClN2O5S. The minimum Gasteiger partial charge on any atom is -0.480 e. The first-order valence-electron chi connectivity index (χ1n) is 6.94. The second kappa shape index (κ2) is 8.28. The molecule has 7 nitrogen and oxygen atoms in total. The summed E-state index contributed by atoms with van der Waals surface area (Å²) in [7, 11) is -3.87. The van der Waals surface area contributed by atoms with E-state index in [1.54, 1.807) is 13.8 Å². The van der Waals surface area contributed by atoms with Gasteiger partial charge in [0.1, 0.15) is 6.04 Å². The highest BCUT2D eigenvalue weighted by molar-refractivity contribution is 7.89. The number of carbonyl (C=O) groups is 2. The molecule has 2 atom stereocenters. The van der Waals surface area contributed by atoms with E-state index in [0.29, 0.717) is 11.4 Å². The van der Waals surface area contributed by atoms with Gasteiger partial charge in [0.15, 0.2) is 0 Å². The zero-order valence-electron chi connectivity index (χ0n) is 12.7. The minimum atomic E-state index is -3.87. The highest BCUT2D eigenvalue weighted by Crippen LogP contribution is 2.13. The molecule has 0 saturated carbocycles. The number of carboxylic acid groups (broad SMARTS) is 1. The summed E-state index contributed by atoms with van der Waals surface area (Å²) in [6.45, 7) is 2.94. The lowest BCUT2D eigenvalue weighted by atomic mass is 9.99. The van der Waals surface area contributed by atoms with Crippen molar-refractivity contribution in [3.63, 3.8) is 0 Å². The first-order chi connectivity index (χ1) is 10.7. The van der Waals surface area contributed by atoms with Crippen LogP contribution < -0.4 is 10.0 Å². The van der Waals surface area contributed by atoms with Crippen LogP contribution in [0.4, 0.5) is 0 Å². The van der Waals surface area contributed by atoms with Crippen LogP contribution in [0.3, 0.4) is 0 Å². The molecule has 1 aromatic carbocycles. The van der Waals surface area contributed by atoms with Crippen molar-refractivity contribution in [1.82, 2.24) is 10.0 Å². The molecule has 3 N–H and O–H groups in total. The van der Waals surface area contributed by atoms with Crippen molar-refractivity contribution in [2.24, 2.45) is 5.92 Å². The van der Waals surface area contributed by atoms with Crippen LogP contribution in [0, 0.1) is 5.92 Å².